The lowest BCUT2D eigenvalue weighted by molar-refractivity contribution is -0.119. The Labute approximate surface area is 110 Å². The molecule has 0 heterocycles. The largest absolute Gasteiger partial charge is 0.353 e. The summed E-state index contributed by atoms with van der Waals surface area (Å²) in [5.74, 6) is 2.25. The number of hydrogen-bond donors (Lipinski definition) is 2. The summed E-state index contributed by atoms with van der Waals surface area (Å²) in [5.41, 5.74) is 5.62. The zero-order valence-electron chi connectivity index (χ0n) is 11.7. The number of carbonyl (C=O) groups is 1. The van der Waals surface area contributed by atoms with Gasteiger partial charge in [0.25, 0.3) is 0 Å². The first-order chi connectivity index (χ1) is 7.91. The minimum atomic E-state index is 0.132. The highest BCUT2D eigenvalue weighted by Crippen LogP contribution is 2.08. The van der Waals surface area contributed by atoms with E-state index in [9.17, 15) is 4.79 Å². The summed E-state index contributed by atoms with van der Waals surface area (Å²) in [6.07, 6.45) is 3.49. The molecule has 0 aromatic heterocycles. The molecule has 0 aliphatic rings. The fraction of sp³-hybridized carbons (Fsp3) is 0.923. The van der Waals surface area contributed by atoms with E-state index in [0.717, 1.165) is 18.1 Å². The van der Waals surface area contributed by atoms with Gasteiger partial charge in [-0.05, 0) is 26.2 Å². The summed E-state index contributed by atoms with van der Waals surface area (Å²) in [5, 5.41) is 3.03. The normalized spacial score (nSPS) is 14.7. The van der Waals surface area contributed by atoms with Gasteiger partial charge in [0.2, 0.25) is 5.91 Å². The molecule has 0 saturated heterocycles. The minimum Gasteiger partial charge on any atom is -0.353 e. The van der Waals surface area contributed by atoms with Gasteiger partial charge < -0.3 is 11.1 Å². The molecule has 3 N–H and O–H groups in total. The number of nitrogens with two attached hydrogens (primary N) is 1. The Morgan fingerprint density at radius 2 is 1.88 bits per heavy atom. The van der Waals surface area contributed by atoms with Crippen molar-refractivity contribution in [1.29, 1.82) is 0 Å². The van der Waals surface area contributed by atoms with E-state index >= 15 is 0 Å². The van der Waals surface area contributed by atoms with Crippen LogP contribution in [0.5, 0.6) is 0 Å². The number of nitrogens with one attached hydrogen (secondary N) is 1. The molecule has 1 amide bonds. The summed E-state index contributed by atoms with van der Waals surface area (Å²) in [6, 6.07) is 0.452. The van der Waals surface area contributed by atoms with E-state index in [1.165, 1.54) is 12.8 Å². The SMILES string of the molecule is CC(C)CCCC(C)NC(=O)CSCC(C)N. The number of hydrogen-bond acceptors (Lipinski definition) is 3. The minimum absolute atomic E-state index is 0.132. The topological polar surface area (TPSA) is 55.1 Å². The Hall–Kier alpha value is -0.220. The average molecular weight is 260 g/mol. The van der Waals surface area contributed by atoms with Gasteiger partial charge in [-0.15, -0.1) is 0 Å². The summed E-state index contributed by atoms with van der Waals surface area (Å²) in [4.78, 5) is 11.6. The molecule has 0 spiro atoms. The highest BCUT2D eigenvalue weighted by molar-refractivity contribution is 7.99. The van der Waals surface area contributed by atoms with Crippen LogP contribution in [0.2, 0.25) is 0 Å². The molecule has 3 nitrogen and oxygen atoms in total. The van der Waals surface area contributed by atoms with Crippen molar-refractivity contribution in [3.8, 4) is 0 Å². The Bertz CT molecular complexity index is 208. The lowest BCUT2D eigenvalue weighted by Gasteiger charge is -2.14. The van der Waals surface area contributed by atoms with Gasteiger partial charge in [0.1, 0.15) is 0 Å². The summed E-state index contributed by atoms with van der Waals surface area (Å²) < 4.78 is 0. The fourth-order valence-electron chi connectivity index (χ4n) is 1.56. The molecule has 0 radical (unpaired) electrons. The van der Waals surface area contributed by atoms with E-state index in [-0.39, 0.29) is 18.0 Å². The lowest BCUT2D eigenvalue weighted by Crippen LogP contribution is -2.34. The predicted molar refractivity (Wildman–Crippen MR) is 77.3 cm³/mol. The zero-order valence-corrected chi connectivity index (χ0v) is 12.5. The van der Waals surface area contributed by atoms with Crippen molar-refractivity contribution >= 4 is 17.7 Å². The van der Waals surface area contributed by atoms with E-state index in [2.05, 4.69) is 26.1 Å². The summed E-state index contributed by atoms with van der Waals surface area (Å²) in [6.45, 7) is 8.50. The van der Waals surface area contributed by atoms with E-state index in [1.807, 2.05) is 6.92 Å². The molecule has 17 heavy (non-hydrogen) atoms. The van der Waals surface area contributed by atoms with Crippen molar-refractivity contribution in [3.05, 3.63) is 0 Å². The Morgan fingerprint density at radius 1 is 1.24 bits per heavy atom. The van der Waals surface area contributed by atoms with E-state index in [4.69, 9.17) is 5.73 Å². The third kappa shape index (κ3) is 12.0. The number of thioether (sulfide) groups is 1. The van der Waals surface area contributed by atoms with E-state index in [1.54, 1.807) is 11.8 Å². The van der Waals surface area contributed by atoms with Gasteiger partial charge in [-0.3, -0.25) is 4.79 Å². The second kappa shape index (κ2) is 9.77. The smallest absolute Gasteiger partial charge is 0.230 e. The second-order valence-corrected chi connectivity index (χ2v) is 6.32. The first-order valence-corrected chi connectivity index (χ1v) is 7.70. The summed E-state index contributed by atoms with van der Waals surface area (Å²) in [7, 11) is 0. The maximum Gasteiger partial charge on any atom is 0.230 e. The zero-order chi connectivity index (χ0) is 13.3. The van der Waals surface area contributed by atoms with Crippen LogP contribution >= 0.6 is 11.8 Å². The second-order valence-electron chi connectivity index (χ2n) is 5.29. The number of carbonyl (C=O) groups excluding carboxylic acids is 1. The highest BCUT2D eigenvalue weighted by atomic mass is 32.2. The van der Waals surface area contributed by atoms with Crippen LogP contribution in [0.3, 0.4) is 0 Å². The lowest BCUT2D eigenvalue weighted by atomic mass is 10.0. The maximum absolute atomic E-state index is 11.6. The molecular weight excluding hydrogens is 232 g/mol. The molecule has 102 valence electrons. The molecular formula is C13H28N2OS. The van der Waals surface area contributed by atoms with Crippen molar-refractivity contribution in [2.75, 3.05) is 11.5 Å². The first-order valence-electron chi connectivity index (χ1n) is 6.54. The van der Waals surface area contributed by atoms with Crippen molar-refractivity contribution in [1.82, 2.24) is 5.32 Å². The molecule has 0 bridgehead atoms. The first kappa shape index (κ1) is 16.8. The molecule has 2 atom stereocenters. The standard InChI is InChI=1S/C13H28N2OS/c1-10(2)6-5-7-12(4)15-13(16)9-17-8-11(3)14/h10-12H,5-9,14H2,1-4H3,(H,15,16). The van der Waals surface area contributed by atoms with Gasteiger partial charge >= 0.3 is 0 Å². The molecule has 0 saturated carbocycles. The van der Waals surface area contributed by atoms with Crippen LogP contribution in [0, 0.1) is 5.92 Å². The number of amides is 1. The van der Waals surface area contributed by atoms with E-state index < -0.39 is 0 Å². The maximum atomic E-state index is 11.6. The van der Waals surface area contributed by atoms with Crippen molar-refractivity contribution in [2.45, 2.75) is 59.0 Å². The van der Waals surface area contributed by atoms with Gasteiger partial charge in [-0.25, -0.2) is 0 Å². The third-order valence-electron chi connectivity index (χ3n) is 2.44. The van der Waals surface area contributed by atoms with Crippen molar-refractivity contribution < 1.29 is 4.79 Å². The van der Waals surface area contributed by atoms with Crippen LogP contribution in [-0.2, 0) is 4.79 Å². The number of rotatable bonds is 9. The highest BCUT2D eigenvalue weighted by Gasteiger charge is 2.08. The van der Waals surface area contributed by atoms with Crippen LogP contribution in [0.4, 0.5) is 0 Å². The summed E-state index contributed by atoms with van der Waals surface area (Å²) >= 11 is 1.60. The molecule has 0 rings (SSSR count). The van der Waals surface area contributed by atoms with Gasteiger partial charge in [0, 0.05) is 17.8 Å². The van der Waals surface area contributed by atoms with Gasteiger partial charge in [-0.1, -0.05) is 26.7 Å². The van der Waals surface area contributed by atoms with Crippen molar-refractivity contribution in [3.63, 3.8) is 0 Å². The van der Waals surface area contributed by atoms with Gasteiger partial charge in [0.15, 0.2) is 0 Å². The third-order valence-corrected chi connectivity index (χ3v) is 3.67. The van der Waals surface area contributed by atoms with Crippen LogP contribution in [0.1, 0.15) is 47.0 Å². The Kier molecular flexibility index (Phi) is 9.65. The van der Waals surface area contributed by atoms with E-state index in [0.29, 0.717) is 5.75 Å². The monoisotopic (exact) mass is 260 g/mol. The van der Waals surface area contributed by atoms with Crippen LogP contribution in [0.25, 0.3) is 0 Å². The molecule has 4 heteroatoms. The molecule has 0 aliphatic heterocycles. The predicted octanol–water partition coefficient (Wildman–Crippen LogP) is 2.40. The molecule has 2 unspecified atom stereocenters. The van der Waals surface area contributed by atoms with Crippen LogP contribution < -0.4 is 11.1 Å². The van der Waals surface area contributed by atoms with Crippen molar-refractivity contribution in [2.24, 2.45) is 11.7 Å². The fourth-order valence-corrected chi connectivity index (χ4v) is 2.32. The Balaban J connectivity index is 3.52. The quantitative estimate of drug-likeness (QED) is 0.669. The molecule has 0 aliphatic carbocycles. The molecule has 0 aromatic rings. The van der Waals surface area contributed by atoms with Gasteiger partial charge in [0.05, 0.1) is 5.75 Å². The molecule has 0 aromatic carbocycles. The Morgan fingerprint density at radius 3 is 2.41 bits per heavy atom. The van der Waals surface area contributed by atoms with Crippen LogP contribution in [-0.4, -0.2) is 29.5 Å². The van der Waals surface area contributed by atoms with Crippen LogP contribution in [0.15, 0.2) is 0 Å². The van der Waals surface area contributed by atoms with Gasteiger partial charge in [-0.2, -0.15) is 11.8 Å². The molecule has 0 fully saturated rings. The average Bonchev–Trinajstić information content (AvgIpc) is 2.15.